The van der Waals surface area contributed by atoms with Gasteiger partial charge in [0.05, 0.1) is 12.1 Å². The largest absolute Gasteiger partial charge is 0.493 e. The molecule has 0 aromatic heterocycles. The number of hydrogen-bond donors (Lipinski definition) is 1. The van der Waals surface area contributed by atoms with Gasteiger partial charge in [-0.1, -0.05) is 11.6 Å². The van der Waals surface area contributed by atoms with Crippen molar-refractivity contribution < 1.29 is 19.1 Å². The lowest BCUT2D eigenvalue weighted by Gasteiger charge is -2.20. The summed E-state index contributed by atoms with van der Waals surface area (Å²) in [5.74, 6) is -0.314. The third-order valence-corrected chi connectivity index (χ3v) is 3.17. The summed E-state index contributed by atoms with van der Waals surface area (Å²) in [5.41, 5.74) is 5.42. The Morgan fingerprint density at radius 3 is 2.38 bits per heavy atom. The fraction of sp³-hybridized carbons (Fsp3) is 0.429. The number of halogens is 1. The number of amides is 2. The highest BCUT2D eigenvalue weighted by molar-refractivity contribution is 6.32. The van der Waals surface area contributed by atoms with Crippen LogP contribution in [-0.4, -0.2) is 43.5 Å². The maximum atomic E-state index is 12.3. The molecule has 2 N–H and O–H groups in total. The molecule has 0 fully saturated rings. The summed E-state index contributed by atoms with van der Waals surface area (Å²) in [6.07, 6.45) is 0. The van der Waals surface area contributed by atoms with Crippen LogP contribution >= 0.6 is 11.6 Å². The molecule has 0 aliphatic heterocycles. The van der Waals surface area contributed by atoms with E-state index in [-0.39, 0.29) is 29.0 Å². The van der Waals surface area contributed by atoms with Crippen LogP contribution in [0.3, 0.4) is 0 Å². The molecule has 116 valence electrons. The molecule has 0 saturated carbocycles. The van der Waals surface area contributed by atoms with Gasteiger partial charge in [0.15, 0.2) is 18.1 Å². The molecule has 0 radical (unpaired) electrons. The average Bonchev–Trinajstić information content (AvgIpc) is 2.46. The van der Waals surface area contributed by atoms with E-state index in [0.717, 1.165) is 0 Å². The average molecular weight is 315 g/mol. The second-order valence-corrected chi connectivity index (χ2v) is 4.63. The fourth-order valence-electron chi connectivity index (χ4n) is 1.82. The Kier molecular flexibility index (Phi) is 6.30. The van der Waals surface area contributed by atoms with Gasteiger partial charge in [-0.05, 0) is 26.0 Å². The molecular formula is C14H19ClN2O4. The Balaban J connectivity index is 3.13. The SMILES string of the molecule is CCN(CC)C(=O)c1cc(Cl)c(OCC(N)=O)c(OC)c1. The number of hydrogen-bond acceptors (Lipinski definition) is 4. The standard InChI is InChI=1S/C14H19ClN2O4/c1-4-17(5-2)14(19)9-6-10(15)13(11(7-9)20-3)21-8-12(16)18/h6-7H,4-5,8H2,1-3H3,(H2,16,18). The first-order chi connectivity index (χ1) is 9.94. The number of methoxy groups -OCH3 is 1. The Morgan fingerprint density at radius 1 is 1.29 bits per heavy atom. The normalized spacial score (nSPS) is 10.1. The molecule has 0 bridgehead atoms. The summed E-state index contributed by atoms with van der Waals surface area (Å²) in [7, 11) is 1.43. The maximum Gasteiger partial charge on any atom is 0.255 e. The lowest BCUT2D eigenvalue weighted by molar-refractivity contribution is -0.119. The van der Waals surface area contributed by atoms with Crippen molar-refractivity contribution >= 4 is 23.4 Å². The number of rotatable bonds is 7. The molecule has 7 heteroatoms. The first-order valence-electron chi connectivity index (χ1n) is 6.52. The summed E-state index contributed by atoms with van der Waals surface area (Å²) in [5, 5.41) is 0.186. The topological polar surface area (TPSA) is 81.9 Å². The van der Waals surface area contributed by atoms with Crippen LogP contribution < -0.4 is 15.2 Å². The first kappa shape index (κ1) is 17.1. The van der Waals surface area contributed by atoms with Crippen LogP contribution in [0.1, 0.15) is 24.2 Å². The van der Waals surface area contributed by atoms with E-state index < -0.39 is 5.91 Å². The quantitative estimate of drug-likeness (QED) is 0.830. The van der Waals surface area contributed by atoms with Crippen molar-refractivity contribution in [2.45, 2.75) is 13.8 Å². The molecule has 0 aliphatic carbocycles. The molecule has 21 heavy (non-hydrogen) atoms. The summed E-state index contributed by atoms with van der Waals surface area (Å²) >= 11 is 6.10. The van der Waals surface area contributed by atoms with Crippen LogP contribution in [0.2, 0.25) is 5.02 Å². The number of carbonyl (C=O) groups is 2. The number of carbonyl (C=O) groups excluding carboxylic acids is 2. The van der Waals surface area contributed by atoms with E-state index >= 15 is 0 Å². The second-order valence-electron chi connectivity index (χ2n) is 4.22. The predicted molar refractivity (Wildman–Crippen MR) is 79.9 cm³/mol. The molecule has 1 aromatic rings. The summed E-state index contributed by atoms with van der Waals surface area (Å²) in [6.45, 7) is 4.65. The van der Waals surface area contributed by atoms with E-state index in [1.807, 2.05) is 13.8 Å². The summed E-state index contributed by atoms with van der Waals surface area (Å²) in [6, 6.07) is 3.02. The summed E-state index contributed by atoms with van der Waals surface area (Å²) in [4.78, 5) is 24.7. The number of ether oxygens (including phenoxy) is 2. The lowest BCUT2D eigenvalue weighted by Crippen LogP contribution is -2.30. The van der Waals surface area contributed by atoms with Crippen molar-refractivity contribution in [1.82, 2.24) is 4.90 Å². The van der Waals surface area contributed by atoms with Gasteiger partial charge in [-0.3, -0.25) is 9.59 Å². The zero-order valence-corrected chi connectivity index (χ0v) is 13.1. The molecule has 0 unspecified atom stereocenters. The zero-order valence-electron chi connectivity index (χ0n) is 12.3. The monoisotopic (exact) mass is 314 g/mol. The molecule has 0 saturated heterocycles. The minimum absolute atomic E-state index is 0.151. The lowest BCUT2D eigenvalue weighted by atomic mass is 10.1. The highest BCUT2D eigenvalue weighted by Crippen LogP contribution is 2.36. The molecule has 6 nitrogen and oxygen atoms in total. The Bertz CT molecular complexity index is 530. The van der Waals surface area contributed by atoms with E-state index in [9.17, 15) is 9.59 Å². The van der Waals surface area contributed by atoms with E-state index in [2.05, 4.69) is 0 Å². The smallest absolute Gasteiger partial charge is 0.255 e. The van der Waals surface area contributed by atoms with E-state index in [4.69, 9.17) is 26.8 Å². The molecule has 1 aromatic carbocycles. The van der Waals surface area contributed by atoms with Crippen molar-refractivity contribution in [3.05, 3.63) is 22.7 Å². The third-order valence-electron chi connectivity index (χ3n) is 2.89. The van der Waals surface area contributed by atoms with E-state index in [1.165, 1.54) is 19.2 Å². The van der Waals surface area contributed by atoms with Gasteiger partial charge in [0.2, 0.25) is 0 Å². The van der Waals surface area contributed by atoms with E-state index in [0.29, 0.717) is 18.7 Å². The van der Waals surface area contributed by atoms with Gasteiger partial charge in [-0.25, -0.2) is 0 Å². The number of benzene rings is 1. The molecule has 2 amide bonds. The molecule has 1 rings (SSSR count). The highest BCUT2D eigenvalue weighted by atomic mass is 35.5. The van der Waals surface area contributed by atoms with Gasteiger partial charge >= 0.3 is 0 Å². The van der Waals surface area contributed by atoms with Crippen molar-refractivity contribution in [1.29, 1.82) is 0 Å². The molecule has 0 atom stereocenters. The first-order valence-corrected chi connectivity index (χ1v) is 6.90. The van der Waals surface area contributed by atoms with Gasteiger partial charge in [-0.15, -0.1) is 0 Å². The van der Waals surface area contributed by atoms with Crippen molar-refractivity contribution in [2.75, 3.05) is 26.8 Å². The van der Waals surface area contributed by atoms with Gasteiger partial charge in [0.25, 0.3) is 11.8 Å². The Labute approximate surface area is 128 Å². The second kappa shape index (κ2) is 7.73. The number of nitrogens with two attached hydrogens (primary N) is 1. The van der Waals surface area contributed by atoms with Crippen LogP contribution in [0, 0.1) is 0 Å². The van der Waals surface area contributed by atoms with Crippen molar-refractivity contribution in [2.24, 2.45) is 5.73 Å². The fourth-order valence-corrected chi connectivity index (χ4v) is 2.09. The highest BCUT2D eigenvalue weighted by Gasteiger charge is 2.19. The van der Waals surface area contributed by atoms with Gasteiger partial charge in [0.1, 0.15) is 0 Å². The predicted octanol–water partition coefficient (Wildman–Crippen LogP) is 1.69. The minimum Gasteiger partial charge on any atom is -0.493 e. The zero-order chi connectivity index (χ0) is 16.0. The van der Waals surface area contributed by atoms with E-state index in [1.54, 1.807) is 4.90 Å². The van der Waals surface area contributed by atoms with Gasteiger partial charge < -0.3 is 20.1 Å². The van der Waals surface area contributed by atoms with Crippen LogP contribution in [-0.2, 0) is 4.79 Å². The van der Waals surface area contributed by atoms with Crippen LogP contribution in [0.15, 0.2) is 12.1 Å². The van der Waals surface area contributed by atoms with Crippen LogP contribution in [0.4, 0.5) is 0 Å². The third kappa shape index (κ3) is 4.26. The molecule has 0 heterocycles. The minimum atomic E-state index is -0.628. The number of primary amides is 1. The van der Waals surface area contributed by atoms with Gasteiger partial charge in [0, 0.05) is 18.7 Å². The van der Waals surface area contributed by atoms with Crippen LogP contribution in [0.25, 0.3) is 0 Å². The maximum absolute atomic E-state index is 12.3. The molecular weight excluding hydrogens is 296 g/mol. The van der Waals surface area contributed by atoms with Crippen molar-refractivity contribution in [3.8, 4) is 11.5 Å². The molecule has 0 aliphatic rings. The molecule has 0 spiro atoms. The van der Waals surface area contributed by atoms with Crippen molar-refractivity contribution in [3.63, 3.8) is 0 Å². The summed E-state index contributed by atoms with van der Waals surface area (Å²) < 4.78 is 10.4. The Morgan fingerprint density at radius 2 is 1.90 bits per heavy atom. The Hall–Kier alpha value is -1.95. The number of nitrogens with zero attached hydrogens (tertiary/aromatic N) is 1. The van der Waals surface area contributed by atoms with Gasteiger partial charge in [-0.2, -0.15) is 0 Å². The van der Waals surface area contributed by atoms with Crippen LogP contribution in [0.5, 0.6) is 11.5 Å².